The quantitative estimate of drug-likeness (QED) is 0.867. The smallest absolute Gasteiger partial charge is 0.105 e. The highest BCUT2D eigenvalue weighted by Gasteiger charge is 2.07. The molecule has 0 saturated heterocycles. The van der Waals surface area contributed by atoms with Gasteiger partial charge in [0.05, 0.1) is 17.0 Å². The van der Waals surface area contributed by atoms with E-state index >= 15 is 0 Å². The van der Waals surface area contributed by atoms with Gasteiger partial charge in [0, 0.05) is 24.4 Å². The molecule has 1 N–H and O–H groups in total. The third-order valence-electron chi connectivity index (χ3n) is 2.48. The van der Waals surface area contributed by atoms with E-state index in [1.165, 1.54) is 0 Å². The normalized spacial score (nSPS) is 12.9. The molecule has 1 atom stereocenters. The van der Waals surface area contributed by atoms with E-state index in [4.69, 9.17) is 4.42 Å². The monoisotopic (exact) mass is 236 g/mol. The maximum atomic E-state index is 5.27. The highest BCUT2D eigenvalue weighted by molar-refractivity contribution is 7.09. The van der Waals surface area contributed by atoms with Crippen LogP contribution in [0.5, 0.6) is 0 Å². The number of aryl methyl sites for hydroxylation is 1. The molecule has 4 heteroatoms. The Morgan fingerprint density at radius 1 is 1.56 bits per heavy atom. The van der Waals surface area contributed by atoms with Crippen LogP contribution in [0, 0.1) is 6.92 Å². The topological polar surface area (TPSA) is 38.1 Å². The van der Waals surface area contributed by atoms with Crippen LogP contribution in [-0.2, 0) is 6.42 Å². The summed E-state index contributed by atoms with van der Waals surface area (Å²) >= 11 is 1.69. The number of nitrogens with zero attached hydrogens (tertiary/aromatic N) is 1. The second-order valence-corrected chi connectivity index (χ2v) is 4.86. The first-order valence-corrected chi connectivity index (χ1v) is 6.31. The zero-order valence-electron chi connectivity index (χ0n) is 9.56. The van der Waals surface area contributed by atoms with Crippen LogP contribution in [0.4, 0.5) is 0 Å². The Labute approximate surface area is 99.5 Å². The molecule has 0 saturated carbocycles. The number of hydrogen-bond donors (Lipinski definition) is 1. The SMILES string of the molecule is Cc1nc(C(C)NCCc2ccco2)cs1. The standard InChI is InChI=1S/C12H16N2OS/c1-9(12-8-16-10(2)14-12)13-6-5-11-4-3-7-15-11/h3-4,7-9,13H,5-6H2,1-2H3. The molecule has 2 heterocycles. The molecule has 0 aromatic carbocycles. The van der Waals surface area contributed by atoms with Gasteiger partial charge in [0.2, 0.25) is 0 Å². The molecular weight excluding hydrogens is 220 g/mol. The van der Waals surface area contributed by atoms with Crippen molar-refractivity contribution in [2.45, 2.75) is 26.3 Å². The third kappa shape index (κ3) is 2.93. The van der Waals surface area contributed by atoms with Crippen LogP contribution < -0.4 is 5.32 Å². The molecule has 2 aromatic rings. The Kier molecular flexibility index (Phi) is 3.74. The van der Waals surface area contributed by atoms with E-state index < -0.39 is 0 Å². The summed E-state index contributed by atoms with van der Waals surface area (Å²) in [4.78, 5) is 4.46. The molecule has 0 radical (unpaired) electrons. The summed E-state index contributed by atoms with van der Waals surface area (Å²) in [6, 6.07) is 4.22. The van der Waals surface area contributed by atoms with Crippen molar-refractivity contribution in [1.82, 2.24) is 10.3 Å². The van der Waals surface area contributed by atoms with Crippen molar-refractivity contribution in [1.29, 1.82) is 0 Å². The minimum atomic E-state index is 0.305. The van der Waals surface area contributed by atoms with E-state index in [1.54, 1.807) is 17.6 Å². The minimum Gasteiger partial charge on any atom is -0.469 e. The average Bonchev–Trinajstić information content (AvgIpc) is 2.89. The first kappa shape index (κ1) is 11.4. The van der Waals surface area contributed by atoms with Crippen LogP contribution in [0.1, 0.15) is 29.4 Å². The largest absolute Gasteiger partial charge is 0.469 e. The predicted molar refractivity (Wildman–Crippen MR) is 65.7 cm³/mol. The van der Waals surface area contributed by atoms with Gasteiger partial charge in [-0.3, -0.25) is 0 Å². The van der Waals surface area contributed by atoms with Crippen molar-refractivity contribution in [2.24, 2.45) is 0 Å². The molecule has 2 rings (SSSR count). The lowest BCUT2D eigenvalue weighted by atomic mass is 10.2. The molecule has 0 aliphatic heterocycles. The molecule has 16 heavy (non-hydrogen) atoms. The Bertz CT molecular complexity index is 422. The summed E-state index contributed by atoms with van der Waals surface area (Å²) in [6.07, 6.45) is 2.63. The number of aromatic nitrogens is 1. The molecule has 86 valence electrons. The Balaban J connectivity index is 1.78. The van der Waals surface area contributed by atoms with E-state index in [9.17, 15) is 0 Å². The van der Waals surface area contributed by atoms with E-state index in [2.05, 4.69) is 22.6 Å². The van der Waals surface area contributed by atoms with Gasteiger partial charge >= 0.3 is 0 Å². The molecule has 0 fully saturated rings. The fraction of sp³-hybridized carbons (Fsp3) is 0.417. The lowest BCUT2D eigenvalue weighted by Crippen LogP contribution is -2.21. The van der Waals surface area contributed by atoms with Gasteiger partial charge in [0.1, 0.15) is 5.76 Å². The third-order valence-corrected chi connectivity index (χ3v) is 3.27. The minimum absolute atomic E-state index is 0.305. The summed E-state index contributed by atoms with van der Waals surface area (Å²) in [5, 5.41) is 6.67. The van der Waals surface area contributed by atoms with Crippen LogP contribution in [-0.4, -0.2) is 11.5 Å². The van der Waals surface area contributed by atoms with Crippen LogP contribution in [0.15, 0.2) is 28.2 Å². The van der Waals surface area contributed by atoms with Gasteiger partial charge in [0.15, 0.2) is 0 Å². The molecule has 2 aromatic heterocycles. The molecule has 0 bridgehead atoms. The fourth-order valence-corrected chi connectivity index (χ4v) is 2.26. The summed E-state index contributed by atoms with van der Waals surface area (Å²) in [5.74, 6) is 1.02. The first-order valence-electron chi connectivity index (χ1n) is 5.43. The van der Waals surface area contributed by atoms with Crippen LogP contribution in [0.2, 0.25) is 0 Å². The van der Waals surface area contributed by atoms with Gasteiger partial charge in [-0.25, -0.2) is 4.98 Å². The van der Waals surface area contributed by atoms with Crippen molar-refractivity contribution in [3.05, 3.63) is 40.2 Å². The Hall–Kier alpha value is -1.13. The number of furan rings is 1. The van der Waals surface area contributed by atoms with Gasteiger partial charge in [-0.1, -0.05) is 0 Å². The molecule has 0 amide bonds. The van der Waals surface area contributed by atoms with Gasteiger partial charge in [-0.15, -0.1) is 11.3 Å². The highest BCUT2D eigenvalue weighted by atomic mass is 32.1. The first-order chi connectivity index (χ1) is 7.75. The van der Waals surface area contributed by atoms with E-state index in [0.29, 0.717) is 6.04 Å². The number of hydrogen-bond acceptors (Lipinski definition) is 4. The van der Waals surface area contributed by atoms with Gasteiger partial charge in [-0.05, 0) is 26.0 Å². The van der Waals surface area contributed by atoms with Gasteiger partial charge in [0.25, 0.3) is 0 Å². The summed E-state index contributed by atoms with van der Waals surface area (Å²) in [6.45, 7) is 5.08. The average molecular weight is 236 g/mol. The fourth-order valence-electron chi connectivity index (χ4n) is 1.55. The zero-order chi connectivity index (χ0) is 11.4. The second-order valence-electron chi connectivity index (χ2n) is 3.80. The van der Waals surface area contributed by atoms with Crippen molar-refractivity contribution < 1.29 is 4.42 Å². The summed E-state index contributed by atoms with van der Waals surface area (Å²) in [5.41, 5.74) is 1.13. The molecule has 0 aliphatic rings. The van der Waals surface area contributed by atoms with Crippen molar-refractivity contribution in [3.63, 3.8) is 0 Å². The van der Waals surface area contributed by atoms with Crippen LogP contribution in [0.3, 0.4) is 0 Å². The Morgan fingerprint density at radius 3 is 3.06 bits per heavy atom. The predicted octanol–water partition coefficient (Wildman–Crippen LogP) is 2.94. The van der Waals surface area contributed by atoms with E-state index in [1.807, 2.05) is 19.1 Å². The maximum absolute atomic E-state index is 5.27. The molecular formula is C12H16N2OS. The maximum Gasteiger partial charge on any atom is 0.105 e. The van der Waals surface area contributed by atoms with E-state index in [-0.39, 0.29) is 0 Å². The lowest BCUT2D eigenvalue weighted by molar-refractivity contribution is 0.484. The molecule has 1 unspecified atom stereocenters. The summed E-state index contributed by atoms with van der Waals surface area (Å²) in [7, 11) is 0. The van der Waals surface area contributed by atoms with Crippen LogP contribution >= 0.6 is 11.3 Å². The van der Waals surface area contributed by atoms with Crippen molar-refractivity contribution >= 4 is 11.3 Å². The molecule has 0 spiro atoms. The van der Waals surface area contributed by atoms with E-state index in [0.717, 1.165) is 29.4 Å². The number of rotatable bonds is 5. The van der Waals surface area contributed by atoms with Crippen molar-refractivity contribution in [2.75, 3.05) is 6.54 Å². The highest BCUT2D eigenvalue weighted by Crippen LogP contribution is 2.15. The van der Waals surface area contributed by atoms with Gasteiger partial charge in [-0.2, -0.15) is 0 Å². The molecule has 0 aliphatic carbocycles. The molecule has 3 nitrogen and oxygen atoms in total. The summed E-state index contributed by atoms with van der Waals surface area (Å²) < 4.78 is 5.27. The van der Waals surface area contributed by atoms with Gasteiger partial charge < -0.3 is 9.73 Å². The lowest BCUT2D eigenvalue weighted by Gasteiger charge is -2.10. The number of thiazole rings is 1. The zero-order valence-corrected chi connectivity index (χ0v) is 10.4. The van der Waals surface area contributed by atoms with Crippen molar-refractivity contribution in [3.8, 4) is 0 Å². The number of nitrogens with one attached hydrogen (secondary N) is 1. The second kappa shape index (κ2) is 5.27. The Morgan fingerprint density at radius 2 is 2.44 bits per heavy atom. The van der Waals surface area contributed by atoms with Crippen LogP contribution in [0.25, 0.3) is 0 Å².